The number of thioether (sulfide) groups is 1. The van der Waals surface area contributed by atoms with E-state index in [-0.39, 0.29) is 0 Å². The Morgan fingerprint density at radius 3 is 3.06 bits per heavy atom. The standard InChI is InChI=1S/C15H21NOS/c1-2-18-15-8-4-6-13(15)16-10-9-11-12(16)5-3-7-14(11)17/h9-10,13,15H,2-8H2,1H3. The summed E-state index contributed by atoms with van der Waals surface area (Å²) in [5.74, 6) is 1.55. The van der Waals surface area contributed by atoms with Crippen LogP contribution < -0.4 is 0 Å². The number of fused-ring (bicyclic) bond motifs is 1. The Hall–Kier alpha value is -0.700. The molecule has 2 nitrogen and oxygen atoms in total. The zero-order valence-corrected chi connectivity index (χ0v) is 11.8. The van der Waals surface area contributed by atoms with Crippen LogP contribution >= 0.6 is 11.8 Å². The number of ketones is 1. The van der Waals surface area contributed by atoms with Crippen molar-refractivity contribution in [1.82, 2.24) is 4.57 Å². The summed E-state index contributed by atoms with van der Waals surface area (Å²) in [6.45, 7) is 2.24. The molecule has 3 rings (SSSR count). The average molecular weight is 263 g/mol. The summed E-state index contributed by atoms with van der Waals surface area (Å²) in [5, 5.41) is 0.753. The third kappa shape index (κ3) is 2.03. The van der Waals surface area contributed by atoms with Crippen LogP contribution in [0.1, 0.15) is 61.1 Å². The molecule has 0 N–H and O–H groups in total. The van der Waals surface area contributed by atoms with E-state index < -0.39 is 0 Å². The summed E-state index contributed by atoms with van der Waals surface area (Å²) in [5.41, 5.74) is 2.33. The van der Waals surface area contributed by atoms with E-state index in [0.29, 0.717) is 11.8 Å². The second-order valence-electron chi connectivity index (χ2n) is 5.35. The predicted octanol–water partition coefficient (Wildman–Crippen LogP) is 3.85. The van der Waals surface area contributed by atoms with Crippen LogP contribution in [-0.2, 0) is 6.42 Å². The monoisotopic (exact) mass is 263 g/mol. The van der Waals surface area contributed by atoms with Crippen LogP contribution in [0.5, 0.6) is 0 Å². The average Bonchev–Trinajstić information content (AvgIpc) is 2.96. The maximum absolute atomic E-state index is 11.9. The first-order valence-corrected chi connectivity index (χ1v) is 8.20. The molecule has 0 amide bonds. The zero-order valence-electron chi connectivity index (χ0n) is 11.0. The number of carbonyl (C=O) groups excluding carboxylic acids is 1. The van der Waals surface area contributed by atoms with Crippen LogP contribution in [0.15, 0.2) is 12.3 Å². The number of carbonyl (C=O) groups is 1. The largest absolute Gasteiger partial charge is 0.347 e. The van der Waals surface area contributed by atoms with E-state index in [9.17, 15) is 4.79 Å². The fraction of sp³-hybridized carbons (Fsp3) is 0.667. The normalized spacial score (nSPS) is 27.5. The fourth-order valence-corrected chi connectivity index (χ4v) is 4.74. The molecule has 18 heavy (non-hydrogen) atoms. The van der Waals surface area contributed by atoms with E-state index >= 15 is 0 Å². The second kappa shape index (κ2) is 5.12. The SMILES string of the molecule is CCSC1CCCC1n1ccc2c1CCCC2=O. The summed E-state index contributed by atoms with van der Waals surface area (Å²) in [6.07, 6.45) is 9.00. The van der Waals surface area contributed by atoms with Gasteiger partial charge in [0.1, 0.15) is 0 Å². The van der Waals surface area contributed by atoms with Gasteiger partial charge in [-0.2, -0.15) is 11.8 Å². The summed E-state index contributed by atoms with van der Waals surface area (Å²) >= 11 is 2.09. The van der Waals surface area contributed by atoms with Crippen LogP contribution in [0, 0.1) is 0 Å². The first kappa shape index (κ1) is 12.3. The third-order valence-electron chi connectivity index (χ3n) is 4.30. The molecule has 1 aromatic rings. The van der Waals surface area contributed by atoms with Crippen LogP contribution in [0.2, 0.25) is 0 Å². The molecule has 1 fully saturated rings. The minimum absolute atomic E-state index is 0.354. The lowest BCUT2D eigenvalue weighted by molar-refractivity contribution is 0.0971. The molecule has 2 aliphatic carbocycles. The Kier molecular flexibility index (Phi) is 3.51. The van der Waals surface area contributed by atoms with Crippen molar-refractivity contribution in [3.63, 3.8) is 0 Å². The molecular weight excluding hydrogens is 242 g/mol. The lowest BCUT2D eigenvalue weighted by atomic mass is 9.96. The van der Waals surface area contributed by atoms with Crippen molar-refractivity contribution in [3.05, 3.63) is 23.5 Å². The molecule has 3 heteroatoms. The first-order chi connectivity index (χ1) is 8.81. The molecule has 0 bridgehead atoms. The lowest BCUT2D eigenvalue weighted by Gasteiger charge is -2.24. The number of aromatic nitrogens is 1. The minimum Gasteiger partial charge on any atom is -0.347 e. The van der Waals surface area contributed by atoms with Crippen LogP contribution in [0.25, 0.3) is 0 Å². The highest BCUT2D eigenvalue weighted by molar-refractivity contribution is 7.99. The van der Waals surface area contributed by atoms with Gasteiger partial charge in [-0.05, 0) is 37.5 Å². The predicted molar refractivity (Wildman–Crippen MR) is 76.5 cm³/mol. The summed E-state index contributed by atoms with van der Waals surface area (Å²) < 4.78 is 2.44. The van der Waals surface area contributed by atoms with E-state index in [1.54, 1.807) is 0 Å². The number of rotatable bonds is 3. The second-order valence-corrected chi connectivity index (χ2v) is 6.87. The Bertz CT molecular complexity index is 451. The zero-order chi connectivity index (χ0) is 12.5. The van der Waals surface area contributed by atoms with E-state index in [1.807, 2.05) is 0 Å². The van der Waals surface area contributed by atoms with Gasteiger partial charge in [0.2, 0.25) is 0 Å². The van der Waals surface area contributed by atoms with E-state index in [1.165, 1.54) is 30.7 Å². The maximum Gasteiger partial charge on any atom is 0.164 e. The van der Waals surface area contributed by atoms with Crippen molar-refractivity contribution < 1.29 is 4.79 Å². The Morgan fingerprint density at radius 2 is 2.22 bits per heavy atom. The lowest BCUT2D eigenvalue weighted by Crippen LogP contribution is -2.20. The van der Waals surface area contributed by atoms with Crippen molar-refractivity contribution in [3.8, 4) is 0 Å². The molecule has 2 unspecified atom stereocenters. The number of nitrogens with zero attached hydrogens (tertiary/aromatic N) is 1. The molecule has 1 heterocycles. The Labute approximate surface area is 113 Å². The van der Waals surface area contributed by atoms with Crippen LogP contribution in [-0.4, -0.2) is 21.4 Å². The topological polar surface area (TPSA) is 22.0 Å². The van der Waals surface area contributed by atoms with Gasteiger partial charge in [-0.3, -0.25) is 4.79 Å². The summed E-state index contributed by atoms with van der Waals surface area (Å²) in [4.78, 5) is 11.9. The van der Waals surface area contributed by atoms with Gasteiger partial charge in [0.15, 0.2) is 5.78 Å². The minimum atomic E-state index is 0.354. The molecule has 2 aliphatic rings. The smallest absolute Gasteiger partial charge is 0.164 e. The summed E-state index contributed by atoms with van der Waals surface area (Å²) in [7, 11) is 0. The fourth-order valence-electron chi connectivity index (χ4n) is 3.49. The van der Waals surface area contributed by atoms with Crippen molar-refractivity contribution in [1.29, 1.82) is 0 Å². The van der Waals surface area contributed by atoms with Gasteiger partial charge >= 0.3 is 0 Å². The van der Waals surface area contributed by atoms with Gasteiger partial charge in [0, 0.05) is 35.2 Å². The highest BCUT2D eigenvalue weighted by Gasteiger charge is 2.31. The first-order valence-electron chi connectivity index (χ1n) is 7.15. The third-order valence-corrected chi connectivity index (χ3v) is 5.61. The number of hydrogen-bond acceptors (Lipinski definition) is 2. The van der Waals surface area contributed by atoms with Crippen molar-refractivity contribution in [2.45, 2.75) is 56.7 Å². The number of Topliss-reactive ketones (excluding diaryl/α,β-unsaturated/α-hetero) is 1. The Balaban J connectivity index is 1.90. The van der Waals surface area contributed by atoms with Gasteiger partial charge in [0.25, 0.3) is 0 Å². The van der Waals surface area contributed by atoms with Gasteiger partial charge < -0.3 is 4.57 Å². The molecule has 0 aliphatic heterocycles. The molecule has 98 valence electrons. The maximum atomic E-state index is 11.9. The molecule has 0 saturated heterocycles. The highest BCUT2D eigenvalue weighted by atomic mass is 32.2. The molecule has 2 atom stereocenters. The van der Waals surface area contributed by atoms with Gasteiger partial charge in [-0.15, -0.1) is 0 Å². The van der Waals surface area contributed by atoms with Gasteiger partial charge in [-0.25, -0.2) is 0 Å². The molecule has 1 saturated carbocycles. The van der Waals surface area contributed by atoms with E-state index in [4.69, 9.17) is 0 Å². The molecular formula is C15H21NOS. The van der Waals surface area contributed by atoms with Crippen molar-refractivity contribution in [2.75, 3.05) is 5.75 Å². The molecule has 0 spiro atoms. The van der Waals surface area contributed by atoms with Crippen LogP contribution in [0.4, 0.5) is 0 Å². The van der Waals surface area contributed by atoms with Gasteiger partial charge in [0.05, 0.1) is 0 Å². The van der Waals surface area contributed by atoms with E-state index in [2.05, 4.69) is 35.5 Å². The van der Waals surface area contributed by atoms with Crippen molar-refractivity contribution in [2.24, 2.45) is 0 Å². The number of hydrogen-bond donors (Lipinski definition) is 0. The molecule has 0 aromatic carbocycles. The highest BCUT2D eigenvalue weighted by Crippen LogP contribution is 2.40. The summed E-state index contributed by atoms with van der Waals surface area (Å²) in [6, 6.07) is 2.69. The quantitative estimate of drug-likeness (QED) is 0.826. The van der Waals surface area contributed by atoms with Crippen molar-refractivity contribution >= 4 is 17.5 Å². The molecule has 1 aromatic heterocycles. The van der Waals surface area contributed by atoms with E-state index in [0.717, 1.165) is 30.1 Å². The van der Waals surface area contributed by atoms with Gasteiger partial charge in [-0.1, -0.05) is 13.3 Å². The molecule has 0 radical (unpaired) electrons. The Morgan fingerprint density at radius 1 is 1.33 bits per heavy atom. The van der Waals surface area contributed by atoms with Crippen LogP contribution in [0.3, 0.4) is 0 Å².